The van der Waals surface area contributed by atoms with E-state index < -0.39 is 5.97 Å². The van der Waals surface area contributed by atoms with E-state index in [9.17, 15) is 9.90 Å². The third-order valence-electron chi connectivity index (χ3n) is 3.23. The summed E-state index contributed by atoms with van der Waals surface area (Å²) in [4.78, 5) is 15.5. The first-order chi connectivity index (χ1) is 9.13. The van der Waals surface area contributed by atoms with E-state index in [-0.39, 0.29) is 0 Å². The Labute approximate surface area is 112 Å². The maximum Gasteiger partial charge on any atom is 0.336 e. The highest BCUT2D eigenvalue weighted by Crippen LogP contribution is 2.18. The second kappa shape index (κ2) is 5.69. The van der Waals surface area contributed by atoms with E-state index in [1.165, 1.54) is 0 Å². The van der Waals surface area contributed by atoms with Gasteiger partial charge in [-0.1, -0.05) is 19.4 Å². The van der Waals surface area contributed by atoms with Crippen LogP contribution in [0.15, 0.2) is 30.6 Å². The number of nitrogens with zero attached hydrogens (tertiary/aromatic N) is 2. The lowest BCUT2D eigenvalue weighted by Crippen LogP contribution is -2.05. The second-order valence-corrected chi connectivity index (χ2v) is 4.59. The molecule has 0 fully saturated rings. The van der Waals surface area contributed by atoms with E-state index in [0.29, 0.717) is 5.56 Å². The topological polar surface area (TPSA) is 55.1 Å². The molecular weight excluding hydrogens is 240 g/mol. The molecule has 2 aromatic rings. The molecule has 2 rings (SSSR count). The van der Waals surface area contributed by atoms with Gasteiger partial charge in [-0.05, 0) is 37.5 Å². The fourth-order valence-corrected chi connectivity index (χ4v) is 2.15. The lowest BCUT2D eigenvalue weighted by molar-refractivity contribution is 0.0695. The van der Waals surface area contributed by atoms with Gasteiger partial charge in [0, 0.05) is 18.1 Å². The molecule has 0 saturated carbocycles. The number of aromatic nitrogens is 2. The van der Waals surface area contributed by atoms with Crippen LogP contribution in [0.5, 0.6) is 0 Å². The fourth-order valence-electron chi connectivity index (χ4n) is 2.15. The Bertz CT molecular complexity index is 588. The van der Waals surface area contributed by atoms with Crippen LogP contribution >= 0.6 is 0 Å². The summed E-state index contributed by atoms with van der Waals surface area (Å²) in [7, 11) is 0. The fraction of sp³-hybridized carbons (Fsp3) is 0.333. The molecule has 19 heavy (non-hydrogen) atoms. The minimum atomic E-state index is -0.870. The van der Waals surface area contributed by atoms with E-state index in [1.807, 2.05) is 29.8 Å². The van der Waals surface area contributed by atoms with Gasteiger partial charge >= 0.3 is 5.97 Å². The first kappa shape index (κ1) is 13.3. The molecule has 0 aliphatic heterocycles. The molecule has 0 saturated heterocycles. The van der Waals surface area contributed by atoms with Crippen molar-refractivity contribution in [3.05, 3.63) is 47.5 Å². The van der Waals surface area contributed by atoms with E-state index in [0.717, 1.165) is 36.3 Å². The minimum absolute atomic E-state index is 0.388. The van der Waals surface area contributed by atoms with Crippen LogP contribution in [0, 0.1) is 6.92 Å². The molecule has 1 aromatic carbocycles. The first-order valence-corrected chi connectivity index (χ1v) is 6.50. The molecule has 100 valence electrons. The van der Waals surface area contributed by atoms with E-state index in [2.05, 4.69) is 11.9 Å². The molecule has 4 nitrogen and oxygen atoms in total. The molecule has 0 aliphatic rings. The van der Waals surface area contributed by atoms with Crippen molar-refractivity contribution < 1.29 is 9.90 Å². The first-order valence-electron chi connectivity index (χ1n) is 6.50. The van der Waals surface area contributed by atoms with Gasteiger partial charge in [0.15, 0.2) is 0 Å². The largest absolute Gasteiger partial charge is 0.478 e. The summed E-state index contributed by atoms with van der Waals surface area (Å²) in [6.07, 6.45) is 6.41. The number of aromatic carboxylic acids is 1. The van der Waals surface area contributed by atoms with Crippen LogP contribution in [-0.2, 0) is 6.42 Å². The number of carboxylic acid groups (broad SMARTS) is 1. The second-order valence-electron chi connectivity index (χ2n) is 4.59. The molecule has 0 atom stereocenters. The summed E-state index contributed by atoms with van der Waals surface area (Å²) >= 11 is 0. The van der Waals surface area contributed by atoms with Gasteiger partial charge in [0.2, 0.25) is 0 Å². The Hall–Kier alpha value is -2.10. The molecule has 0 bridgehead atoms. The van der Waals surface area contributed by atoms with E-state index in [1.54, 1.807) is 12.3 Å². The zero-order valence-corrected chi connectivity index (χ0v) is 11.3. The van der Waals surface area contributed by atoms with Crippen molar-refractivity contribution in [2.24, 2.45) is 0 Å². The van der Waals surface area contributed by atoms with Gasteiger partial charge in [-0.3, -0.25) is 0 Å². The lowest BCUT2D eigenvalue weighted by atomic mass is 10.0. The molecule has 0 unspecified atom stereocenters. The minimum Gasteiger partial charge on any atom is -0.478 e. The number of rotatable bonds is 5. The zero-order valence-electron chi connectivity index (χ0n) is 11.3. The van der Waals surface area contributed by atoms with Crippen LogP contribution < -0.4 is 0 Å². The predicted molar refractivity (Wildman–Crippen MR) is 73.9 cm³/mol. The summed E-state index contributed by atoms with van der Waals surface area (Å²) < 4.78 is 1.88. The summed E-state index contributed by atoms with van der Waals surface area (Å²) in [5.74, 6) is -0.0247. The molecule has 0 spiro atoms. The van der Waals surface area contributed by atoms with Gasteiger partial charge in [0.05, 0.1) is 5.56 Å². The third kappa shape index (κ3) is 2.84. The number of aryl methyl sites for hydroxylation is 2. The predicted octanol–water partition coefficient (Wildman–Crippen LogP) is 3.22. The van der Waals surface area contributed by atoms with Crippen molar-refractivity contribution in [1.29, 1.82) is 0 Å². The highest BCUT2D eigenvalue weighted by molar-refractivity contribution is 5.90. The van der Waals surface area contributed by atoms with Gasteiger partial charge < -0.3 is 9.67 Å². The molecule has 1 N–H and O–H groups in total. The van der Waals surface area contributed by atoms with Crippen LogP contribution in [0.4, 0.5) is 0 Å². The summed E-state index contributed by atoms with van der Waals surface area (Å²) in [5.41, 5.74) is 2.13. The summed E-state index contributed by atoms with van der Waals surface area (Å²) in [6, 6.07) is 5.59. The maximum absolute atomic E-state index is 11.4. The number of imidazole rings is 1. The molecule has 4 heteroatoms. The molecule has 0 aliphatic carbocycles. The molecule has 1 heterocycles. The Kier molecular flexibility index (Phi) is 4.00. The number of unbranched alkanes of at least 4 members (excludes halogenated alkanes) is 1. The van der Waals surface area contributed by atoms with Gasteiger partial charge in [0.1, 0.15) is 5.82 Å². The molecule has 0 radical (unpaired) electrons. The lowest BCUT2D eigenvalue weighted by Gasteiger charge is -2.10. The average Bonchev–Trinajstić information content (AvgIpc) is 2.82. The SMILES string of the molecule is CCCCc1ccc(-n2ccnc2C)cc1C(=O)O. The number of carbonyl (C=O) groups is 1. The number of hydrogen-bond donors (Lipinski definition) is 1. The van der Waals surface area contributed by atoms with Crippen LogP contribution in [-0.4, -0.2) is 20.6 Å². The van der Waals surface area contributed by atoms with Crippen molar-refractivity contribution in [3.63, 3.8) is 0 Å². The molecule has 0 amide bonds. The Balaban J connectivity index is 2.42. The molecular formula is C15H18N2O2. The maximum atomic E-state index is 11.4. The van der Waals surface area contributed by atoms with Crippen molar-refractivity contribution in [3.8, 4) is 5.69 Å². The third-order valence-corrected chi connectivity index (χ3v) is 3.23. The van der Waals surface area contributed by atoms with Crippen LogP contribution in [0.1, 0.15) is 41.5 Å². The van der Waals surface area contributed by atoms with Gasteiger partial charge in [-0.25, -0.2) is 9.78 Å². The quantitative estimate of drug-likeness (QED) is 0.895. The van der Waals surface area contributed by atoms with Crippen molar-refractivity contribution in [1.82, 2.24) is 9.55 Å². The Morgan fingerprint density at radius 2 is 2.21 bits per heavy atom. The summed E-state index contributed by atoms with van der Waals surface area (Å²) in [5, 5.41) is 9.33. The highest BCUT2D eigenvalue weighted by Gasteiger charge is 2.12. The van der Waals surface area contributed by atoms with Crippen molar-refractivity contribution in [2.75, 3.05) is 0 Å². The summed E-state index contributed by atoms with van der Waals surface area (Å²) in [6.45, 7) is 4.00. The van der Waals surface area contributed by atoms with Gasteiger partial charge in [-0.15, -0.1) is 0 Å². The van der Waals surface area contributed by atoms with E-state index >= 15 is 0 Å². The number of hydrogen-bond acceptors (Lipinski definition) is 2. The Morgan fingerprint density at radius 3 is 2.79 bits per heavy atom. The van der Waals surface area contributed by atoms with Crippen molar-refractivity contribution >= 4 is 5.97 Å². The Morgan fingerprint density at radius 1 is 1.42 bits per heavy atom. The molecule has 1 aromatic heterocycles. The normalized spacial score (nSPS) is 10.6. The monoisotopic (exact) mass is 258 g/mol. The highest BCUT2D eigenvalue weighted by atomic mass is 16.4. The van der Waals surface area contributed by atoms with Gasteiger partial charge in [-0.2, -0.15) is 0 Å². The average molecular weight is 258 g/mol. The number of benzene rings is 1. The van der Waals surface area contributed by atoms with Crippen LogP contribution in [0.3, 0.4) is 0 Å². The smallest absolute Gasteiger partial charge is 0.336 e. The zero-order chi connectivity index (χ0) is 13.8. The van der Waals surface area contributed by atoms with Crippen molar-refractivity contribution in [2.45, 2.75) is 33.1 Å². The standard InChI is InChI=1S/C15H18N2O2/c1-3-4-5-12-6-7-13(10-14(12)15(18)19)17-9-8-16-11(17)2/h6-10H,3-5H2,1-2H3,(H,18,19). The van der Waals surface area contributed by atoms with Crippen LogP contribution in [0.2, 0.25) is 0 Å². The van der Waals surface area contributed by atoms with E-state index in [4.69, 9.17) is 0 Å². The number of carboxylic acids is 1. The van der Waals surface area contributed by atoms with Crippen LogP contribution in [0.25, 0.3) is 5.69 Å². The van der Waals surface area contributed by atoms with Gasteiger partial charge in [0.25, 0.3) is 0 Å².